The fourth-order valence-corrected chi connectivity index (χ4v) is 5.91. The Morgan fingerprint density at radius 1 is 0.922 bits per heavy atom. The molecule has 274 valence electrons. The first-order chi connectivity index (χ1) is 24.0. The van der Waals surface area contributed by atoms with Gasteiger partial charge in [-0.15, -0.1) is 0 Å². The van der Waals surface area contributed by atoms with Crippen LogP contribution in [0.4, 0.5) is 16.2 Å². The summed E-state index contributed by atoms with van der Waals surface area (Å²) in [7, 11) is 2.47. The number of urea groups is 1. The summed E-state index contributed by atoms with van der Waals surface area (Å²) in [5.41, 5.74) is 2.39. The van der Waals surface area contributed by atoms with Gasteiger partial charge in [-0.1, -0.05) is 78.3 Å². The molecule has 13 heteroatoms. The van der Waals surface area contributed by atoms with Crippen molar-refractivity contribution in [1.82, 2.24) is 9.80 Å². The number of alkyl halides is 1. The summed E-state index contributed by atoms with van der Waals surface area (Å²) in [6.07, 6.45) is 1.12. The zero-order valence-corrected chi connectivity index (χ0v) is 31.3. The number of rotatable bonds is 15. The third kappa shape index (κ3) is 7.67. The van der Waals surface area contributed by atoms with Gasteiger partial charge in [0.1, 0.15) is 5.75 Å². The van der Waals surface area contributed by atoms with Crippen LogP contribution < -0.4 is 15.4 Å². The number of carbonyl (C=O) groups excluding carboxylic acids is 5. The van der Waals surface area contributed by atoms with E-state index in [2.05, 4.69) is 64.3 Å². The van der Waals surface area contributed by atoms with Crippen LogP contribution in [0.15, 0.2) is 65.3 Å². The number of ketones is 1. The fourth-order valence-electron chi connectivity index (χ4n) is 5.61. The van der Waals surface area contributed by atoms with E-state index in [-0.39, 0.29) is 22.3 Å². The Morgan fingerprint density at radius 3 is 2.12 bits per heavy atom. The molecule has 1 aromatic heterocycles. The number of nitrogens with one attached hydrogen (secondary N) is 2. The predicted octanol–water partition coefficient (Wildman–Crippen LogP) is 7.07. The number of imide groups is 1. The molecule has 3 unspecified atom stereocenters. The molecule has 2 N–H and O–H groups in total. The monoisotopic (exact) mass is 722 g/mol. The van der Waals surface area contributed by atoms with E-state index in [9.17, 15) is 24.0 Å². The molecule has 0 spiro atoms. The molecule has 0 aliphatic carbocycles. The highest BCUT2D eigenvalue weighted by Crippen LogP contribution is 2.39. The topological polar surface area (TPSA) is 147 Å². The van der Waals surface area contributed by atoms with E-state index >= 15 is 0 Å². The zero-order chi connectivity index (χ0) is 37.9. The van der Waals surface area contributed by atoms with Crippen molar-refractivity contribution < 1.29 is 37.9 Å². The number of amides is 5. The minimum Gasteiger partial charge on any atom is -0.480 e. The maximum atomic E-state index is 13.9. The van der Waals surface area contributed by atoms with E-state index in [0.717, 1.165) is 23.3 Å². The van der Waals surface area contributed by atoms with Crippen LogP contribution in [0.2, 0.25) is 0 Å². The van der Waals surface area contributed by atoms with Crippen LogP contribution in [-0.2, 0) is 30.0 Å². The van der Waals surface area contributed by atoms with Gasteiger partial charge in [0.2, 0.25) is 12.0 Å². The molecule has 1 saturated heterocycles. The second-order valence-corrected chi connectivity index (χ2v) is 14.4. The van der Waals surface area contributed by atoms with E-state index in [4.69, 9.17) is 25.5 Å². The van der Waals surface area contributed by atoms with Crippen molar-refractivity contribution >= 4 is 52.5 Å². The number of carbonyl (C=O) groups is 5. The lowest BCUT2D eigenvalue weighted by molar-refractivity contribution is -0.142. The molecule has 51 heavy (non-hydrogen) atoms. The summed E-state index contributed by atoms with van der Waals surface area (Å²) < 4.78 is 16.7. The number of nitrogens with zero attached hydrogens (tertiary/aromatic N) is 2. The van der Waals surface area contributed by atoms with Crippen molar-refractivity contribution in [2.75, 3.05) is 24.8 Å². The largest absolute Gasteiger partial charge is 0.480 e. The molecule has 1 aliphatic rings. The van der Waals surface area contributed by atoms with E-state index in [0.29, 0.717) is 22.8 Å². The Kier molecular flexibility index (Phi) is 11.7. The molecule has 0 radical (unpaired) electrons. The number of anilines is 2. The summed E-state index contributed by atoms with van der Waals surface area (Å²) >= 11 is 6.72. The highest BCUT2D eigenvalue weighted by atomic mass is 35.5. The average Bonchev–Trinajstić information content (AvgIpc) is 3.72. The molecule has 0 saturated carbocycles. The smallest absolute Gasteiger partial charge is 0.331 e. The van der Waals surface area contributed by atoms with E-state index in [1.165, 1.54) is 50.2 Å². The summed E-state index contributed by atoms with van der Waals surface area (Å²) in [6.45, 7) is 14.8. The Bertz CT molecular complexity index is 1790. The van der Waals surface area contributed by atoms with Gasteiger partial charge < -0.3 is 24.5 Å². The maximum absolute atomic E-state index is 13.9. The highest BCUT2D eigenvalue weighted by molar-refractivity contribution is 6.51. The first kappa shape index (κ1) is 39.1. The fraction of sp³-hybridized carbons (Fsp3) is 0.447. The lowest BCUT2D eigenvalue weighted by Crippen LogP contribution is -2.60. The number of furan rings is 1. The third-order valence-corrected chi connectivity index (χ3v) is 10.2. The third-order valence-electron chi connectivity index (χ3n) is 9.73. The van der Waals surface area contributed by atoms with Crippen molar-refractivity contribution in [3.8, 4) is 5.75 Å². The Labute approximate surface area is 303 Å². The van der Waals surface area contributed by atoms with Crippen molar-refractivity contribution in [3.63, 3.8) is 0 Å². The van der Waals surface area contributed by atoms with Crippen LogP contribution >= 0.6 is 11.6 Å². The summed E-state index contributed by atoms with van der Waals surface area (Å²) in [6, 6.07) is 13.9. The Hall–Kier alpha value is -4.68. The minimum absolute atomic E-state index is 0.0313. The van der Waals surface area contributed by atoms with Crippen molar-refractivity contribution in [3.05, 3.63) is 77.7 Å². The summed E-state index contributed by atoms with van der Waals surface area (Å²) in [5.74, 6) is -3.52. The van der Waals surface area contributed by atoms with Gasteiger partial charge in [-0.25, -0.2) is 9.69 Å². The molecule has 2 aromatic carbocycles. The Morgan fingerprint density at radius 2 is 1.57 bits per heavy atom. The van der Waals surface area contributed by atoms with Crippen LogP contribution in [0.5, 0.6) is 5.75 Å². The van der Waals surface area contributed by atoms with Gasteiger partial charge >= 0.3 is 6.03 Å². The molecule has 5 amide bonds. The van der Waals surface area contributed by atoms with E-state index < -0.39 is 46.9 Å². The van der Waals surface area contributed by atoms with Crippen molar-refractivity contribution in [2.24, 2.45) is 0 Å². The average molecular weight is 723 g/mol. The van der Waals surface area contributed by atoms with E-state index in [1.807, 2.05) is 13.0 Å². The van der Waals surface area contributed by atoms with Gasteiger partial charge in [0.05, 0.1) is 6.26 Å². The van der Waals surface area contributed by atoms with Crippen LogP contribution in [0.3, 0.4) is 0 Å². The second kappa shape index (κ2) is 15.3. The normalized spacial score (nSPS) is 16.9. The molecule has 12 nitrogen and oxygen atoms in total. The number of methoxy groups -OCH3 is 1. The SMILES string of the molecule is CCC(Oc1ccc(C(C)(C)CC)cc1C(C)(C)CC)C(=O)Nc1cccc(NC(=O)C(Cl)(C(=O)c2ccco2)N2C(=O)C(OC)N(C)C2=O)c1. The molecule has 3 atom stereocenters. The van der Waals surface area contributed by atoms with Crippen LogP contribution in [0.1, 0.15) is 89.4 Å². The number of halogens is 1. The second-order valence-electron chi connectivity index (χ2n) is 13.8. The first-order valence-electron chi connectivity index (χ1n) is 16.9. The van der Waals surface area contributed by atoms with Gasteiger partial charge in [-0.05, 0) is 72.1 Å². The van der Waals surface area contributed by atoms with Gasteiger partial charge in [-0.3, -0.25) is 24.1 Å². The molecule has 3 aromatic rings. The lowest BCUT2D eigenvalue weighted by atomic mass is 9.76. The van der Waals surface area contributed by atoms with Gasteiger partial charge in [0.25, 0.3) is 22.7 Å². The molecule has 0 bridgehead atoms. The molecule has 1 fully saturated rings. The van der Waals surface area contributed by atoms with Crippen molar-refractivity contribution in [1.29, 1.82) is 0 Å². The summed E-state index contributed by atoms with van der Waals surface area (Å²) in [5, 5.41) is 5.36. The van der Waals surface area contributed by atoms with Gasteiger partial charge in [0.15, 0.2) is 11.9 Å². The van der Waals surface area contributed by atoms with Crippen molar-refractivity contribution in [2.45, 2.75) is 95.9 Å². The number of Topliss-reactive ketones (excluding diaryl/α,β-unsaturated/α-hetero) is 1. The minimum atomic E-state index is -2.89. The molecule has 1 aliphatic heterocycles. The first-order valence-corrected chi connectivity index (χ1v) is 17.3. The number of hydrogen-bond donors (Lipinski definition) is 2. The molecular formula is C38H47ClN4O8. The van der Waals surface area contributed by atoms with E-state index in [1.54, 1.807) is 12.1 Å². The number of ether oxygens (including phenoxy) is 2. The molecular weight excluding hydrogens is 676 g/mol. The lowest BCUT2D eigenvalue weighted by Gasteiger charge is -2.31. The summed E-state index contributed by atoms with van der Waals surface area (Å²) in [4.78, 5) is 65.9. The Balaban J connectivity index is 1.59. The number of hydrogen-bond acceptors (Lipinski definition) is 8. The van der Waals surface area contributed by atoms with Crippen LogP contribution in [0, 0.1) is 0 Å². The number of benzene rings is 2. The van der Waals surface area contributed by atoms with Crippen LogP contribution in [0.25, 0.3) is 0 Å². The van der Waals surface area contributed by atoms with Gasteiger partial charge in [-0.2, -0.15) is 0 Å². The van der Waals surface area contributed by atoms with Crippen LogP contribution in [-0.4, -0.2) is 70.8 Å². The van der Waals surface area contributed by atoms with Gasteiger partial charge in [0, 0.05) is 31.1 Å². The maximum Gasteiger partial charge on any atom is 0.331 e. The standard InChI is InChI=1S/C38H47ClN4O8/c1-10-27(51-28-19-18-23(36(4,5)11-2)21-26(28)37(6,7)12-3)31(45)40-24-15-13-16-25(22-24)41-34(47)38(39,30(44)29-17-14-20-50-29)43-32(46)33(49-9)42(8)35(43)48/h13-22,27,33H,10-12H2,1-9H3,(H,40,45)(H,41,47). The number of likely N-dealkylation sites (N-methyl/N-ethyl adjacent to an activating group) is 1. The molecule has 4 rings (SSSR count). The predicted molar refractivity (Wildman–Crippen MR) is 194 cm³/mol. The zero-order valence-electron chi connectivity index (χ0n) is 30.6. The quantitative estimate of drug-likeness (QED) is 0.0557. The highest BCUT2D eigenvalue weighted by Gasteiger charge is 2.61. The molecule has 2 heterocycles.